The molecule has 19 rings (SSSR count). The summed E-state index contributed by atoms with van der Waals surface area (Å²) < 4.78 is 2.82. The summed E-state index contributed by atoms with van der Waals surface area (Å²) in [7, 11) is 0. The molecule has 8 saturated carbocycles. The second kappa shape index (κ2) is 15.7. The lowest BCUT2D eigenvalue weighted by Gasteiger charge is -2.61. The monoisotopic (exact) mass is 1020 g/mol. The van der Waals surface area contributed by atoms with Gasteiger partial charge in [0.1, 0.15) is 0 Å². The van der Waals surface area contributed by atoms with Crippen molar-refractivity contribution < 1.29 is 0 Å². The summed E-state index contributed by atoms with van der Waals surface area (Å²) in [4.78, 5) is 5.42. The Morgan fingerprint density at radius 1 is 0.506 bits per heavy atom. The molecule has 8 fully saturated rings. The highest BCUT2D eigenvalue weighted by Crippen LogP contribution is 2.70. The van der Waals surface area contributed by atoms with Crippen LogP contribution in [0, 0.1) is 48.3 Å². The maximum Gasteiger partial charge on any atom is 0.264 e. The Morgan fingerprint density at radius 3 is 1.74 bits per heavy atom. The van der Waals surface area contributed by atoms with Crippen molar-refractivity contribution in [3.05, 3.63) is 173 Å². The molecule has 1 spiro atoms. The Kier molecular flexibility index (Phi) is 9.41. The predicted octanol–water partition coefficient (Wildman–Crippen LogP) is 17.7. The molecule has 4 heteroatoms. The molecule has 0 unspecified atom stereocenters. The average molecular weight is 1020 g/mol. The van der Waals surface area contributed by atoms with Crippen LogP contribution < -0.4 is 25.5 Å². The fourth-order valence-corrected chi connectivity index (χ4v) is 21.0. The number of hydrogen-bond donors (Lipinski definition) is 0. The van der Waals surface area contributed by atoms with E-state index >= 15 is 0 Å². The van der Waals surface area contributed by atoms with Gasteiger partial charge in [0, 0.05) is 48.7 Å². The van der Waals surface area contributed by atoms with E-state index in [2.05, 4.69) is 198 Å². The highest BCUT2D eigenvalue weighted by molar-refractivity contribution is 7.33. The smallest absolute Gasteiger partial charge is 0.264 e. The van der Waals surface area contributed by atoms with Gasteiger partial charge in [-0.3, -0.25) is 0 Å². The van der Waals surface area contributed by atoms with Gasteiger partial charge < -0.3 is 9.80 Å². The molecule has 384 valence electrons. The summed E-state index contributed by atoms with van der Waals surface area (Å²) in [5.41, 5.74) is 25.8. The molecule has 0 amide bonds. The van der Waals surface area contributed by atoms with Gasteiger partial charge in [0.15, 0.2) is 0 Å². The van der Waals surface area contributed by atoms with E-state index in [0.29, 0.717) is 17.3 Å². The molecule has 77 heavy (non-hydrogen) atoms. The second-order valence-electron chi connectivity index (χ2n) is 28.9. The molecule has 2 aliphatic heterocycles. The maximum atomic E-state index is 2.72. The van der Waals surface area contributed by atoms with E-state index in [1.807, 2.05) is 11.3 Å². The molecule has 2 nitrogen and oxygen atoms in total. The van der Waals surface area contributed by atoms with E-state index in [1.165, 1.54) is 169 Å². The average Bonchev–Trinajstić information content (AvgIpc) is 3.97. The second-order valence-corrected chi connectivity index (χ2v) is 30.0. The van der Waals surface area contributed by atoms with Gasteiger partial charge >= 0.3 is 0 Å². The summed E-state index contributed by atoms with van der Waals surface area (Å²) in [6.45, 7) is 16.7. The van der Waals surface area contributed by atoms with Crippen LogP contribution in [0.2, 0.25) is 0 Å². The Balaban J connectivity index is 0.851. The van der Waals surface area contributed by atoms with Gasteiger partial charge in [0.2, 0.25) is 0 Å². The minimum Gasteiger partial charge on any atom is -0.311 e. The van der Waals surface area contributed by atoms with Crippen molar-refractivity contribution in [1.29, 1.82) is 0 Å². The molecule has 3 heterocycles. The third kappa shape index (κ3) is 6.43. The van der Waals surface area contributed by atoms with Crippen molar-refractivity contribution in [2.75, 3.05) is 9.80 Å². The Morgan fingerprint density at radius 2 is 1.08 bits per heavy atom. The first-order valence-corrected chi connectivity index (χ1v) is 30.9. The van der Waals surface area contributed by atoms with Crippen LogP contribution in [0.4, 0.5) is 34.1 Å². The van der Waals surface area contributed by atoms with Crippen molar-refractivity contribution in [2.24, 2.45) is 41.4 Å². The first-order chi connectivity index (χ1) is 37.2. The Hall–Kier alpha value is -5.84. The number of fused-ring (bicyclic) bond motifs is 9. The van der Waals surface area contributed by atoms with Gasteiger partial charge in [0.25, 0.3) is 6.71 Å². The molecule has 8 aromatic rings. The molecule has 0 atom stereocenters. The van der Waals surface area contributed by atoms with Crippen LogP contribution in [0.15, 0.2) is 140 Å². The number of anilines is 6. The third-order valence-corrected chi connectivity index (χ3v) is 23.6. The van der Waals surface area contributed by atoms with E-state index in [-0.39, 0.29) is 23.0 Å². The molecule has 9 aliphatic carbocycles. The van der Waals surface area contributed by atoms with Crippen LogP contribution in [0.3, 0.4) is 0 Å². The van der Waals surface area contributed by atoms with Crippen LogP contribution in [-0.2, 0) is 21.7 Å². The van der Waals surface area contributed by atoms with Gasteiger partial charge in [-0.15, -0.1) is 11.3 Å². The standard InChI is InChI=1S/C73H73BN2S/c1-42-26-64-67-65(27-42)76(55-20-14-49(15-21-55)48-12-16-50(17-13-48)72-39-45-29-46(40-72)31-47(30-45)41-72)68-59-36-51(70(2,3)4)19-25-66(59)77-69(68)74(67)62-37-52(71(5,6)7)18-24-63(62)75(64)56-22-23-58-57-10-8-9-11-60(57)73(61(58)38-56)53-32-43-28-44(34-53)35-54(73)33-43/h8-27,36-38,43-47,53-54H,28-35,39-41H2,1-7H3. The van der Waals surface area contributed by atoms with Gasteiger partial charge in [-0.1, -0.05) is 126 Å². The van der Waals surface area contributed by atoms with E-state index in [1.54, 1.807) is 16.7 Å². The zero-order valence-electron chi connectivity index (χ0n) is 46.5. The fourth-order valence-electron chi connectivity index (χ4n) is 19.7. The number of nitrogens with zero attached hydrogens (tertiary/aromatic N) is 2. The van der Waals surface area contributed by atoms with Crippen LogP contribution >= 0.6 is 11.3 Å². The summed E-state index contributed by atoms with van der Waals surface area (Å²) >= 11 is 2.03. The van der Waals surface area contributed by atoms with Gasteiger partial charge in [-0.25, -0.2) is 0 Å². The van der Waals surface area contributed by atoms with E-state index in [9.17, 15) is 0 Å². The lowest BCUT2D eigenvalue weighted by molar-refractivity contribution is -0.0399. The van der Waals surface area contributed by atoms with Crippen LogP contribution in [0.5, 0.6) is 0 Å². The normalized spacial score (nSPS) is 28.6. The van der Waals surface area contributed by atoms with Gasteiger partial charge in [0.05, 0.1) is 5.69 Å². The van der Waals surface area contributed by atoms with Crippen LogP contribution in [-0.4, -0.2) is 6.71 Å². The van der Waals surface area contributed by atoms with Crippen molar-refractivity contribution in [2.45, 2.75) is 141 Å². The fraction of sp³-hybridized carbons (Fsp3) is 0.397. The summed E-state index contributed by atoms with van der Waals surface area (Å²) in [6.07, 6.45) is 15.7. The highest BCUT2D eigenvalue weighted by atomic mass is 32.1. The van der Waals surface area contributed by atoms with Crippen LogP contribution in [0.1, 0.15) is 146 Å². The number of hydrogen-bond acceptors (Lipinski definition) is 3. The van der Waals surface area contributed by atoms with Crippen LogP contribution in [0.25, 0.3) is 32.3 Å². The molecule has 11 aliphatic rings. The topological polar surface area (TPSA) is 6.48 Å². The van der Waals surface area contributed by atoms with Gasteiger partial charge in [-0.05, 0) is 256 Å². The molecular weight excluding hydrogens is 948 g/mol. The number of rotatable bonds is 4. The quantitative estimate of drug-likeness (QED) is 0.162. The zero-order chi connectivity index (χ0) is 51.6. The summed E-state index contributed by atoms with van der Waals surface area (Å²) in [5.74, 6) is 6.10. The maximum absolute atomic E-state index is 2.72. The summed E-state index contributed by atoms with van der Waals surface area (Å²) in [5, 5.41) is 1.37. The lowest BCUT2D eigenvalue weighted by atomic mass is 9.36. The summed E-state index contributed by atoms with van der Waals surface area (Å²) in [6, 6.07) is 57.1. The molecular formula is C73H73BN2S. The Bertz CT molecular complexity index is 3740. The van der Waals surface area contributed by atoms with Crippen molar-refractivity contribution in [3.63, 3.8) is 0 Å². The molecule has 1 aromatic heterocycles. The number of aryl methyl sites for hydroxylation is 1. The minimum absolute atomic E-state index is 0.0103. The predicted molar refractivity (Wildman–Crippen MR) is 327 cm³/mol. The molecule has 0 N–H and O–H groups in total. The first kappa shape index (κ1) is 46.1. The zero-order valence-corrected chi connectivity index (χ0v) is 47.3. The van der Waals surface area contributed by atoms with Crippen molar-refractivity contribution in [3.8, 4) is 22.3 Å². The Labute approximate surface area is 462 Å². The molecule has 0 radical (unpaired) electrons. The highest BCUT2D eigenvalue weighted by Gasteiger charge is 2.62. The first-order valence-electron chi connectivity index (χ1n) is 30.1. The van der Waals surface area contributed by atoms with Crippen molar-refractivity contribution in [1.82, 2.24) is 0 Å². The lowest BCUT2D eigenvalue weighted by Crippen LogP contribution is -2.60. The number of thiophene rings is 1. The van der Waals surface area contributed by atoms with E-state index in [4.69, 9.17) is 0 Å². The third-order valence-electron chi connectivity index (χ3n) is 22.3. The minimum atomic E-state index is -0.0103. The number of benzene rings is 7. The SMILES string of the molecule is Cc1cc2c3c(c1)N(c1ccc(-c4ccc(C56CC7CC(CC(C7)C5)C6)cc4)cc1)c1c(sc4ccc(C(C)(C)C)cc14)B3c1cc(C(C)(C)C)ccc1N2c1ccc2c(c1)C1(c3ccccc3-2)C2CC3CC(C2)CC1C3. The molecule has 0 saturated heterocycles. The van der Waals surface area contributed by atoms with E-state index in [0.717, 1.165) is 29.6 Å². The molecule has 7 aromatic carbocycles. The molecule has 8 bridgehead atoms. The largest absolute Gasteiger partial charge is 0.311 e. The van der Waals surface area contributed by atoms with E-state index < -0.39 is 0 Å². The van der Waals surface area contributed by atoms with Gasteiger partial charge in [-0.2, -0.15) is 0 Å². The van der Waals surface area contributed by atoms with Crippen molar-refractivity contribution >= 4 is 78.0 Å².